The Morgan fingerprint density at radius 3 is 1.04 bits per heavy atom. The van der Waals surface area contributed by atoms with E-state index in [9.17, 15) is 40.5 Å². The molecule has 0 radical (unpaired) electrons. The fraction of sp³-hybridized carbons (Fsp3) is 0.983. The lowest BCUT2D eigenvalue weighted by molar-refractivity contribution is -0.303. The van der Waals surface area contributed by atoms with E-state index >= 15 is 0 Å². The van der Waals surface area contributed by atoms with Crippen molar-refractivity contribution in [3.63, 3.8) is 0 Å². The van der Waals surface area contributed by atoms with Crippen LogP contribution in [0.2, 0.25) is 0 Å². The Morgan fingerprint density at radius 2 is 0.732 bits per heavy atom. The van der Waals surface area contributed by atoms with Gasteiger partial charge in [0.15, 0.2) is 6.29 Å². The number of rotatable bonds is 54. The van der Waals surface area contributed by atoms with Crippen LogP contribution in [0.5, 0.6) is 0 Å². The van der Waals surface area contributed by atoms with Crippen molar-refractivity contribution in [2.24, 2.45) is 0 Å². The minimum atomic E-state index is -1.66. The SMILES string of the molecule is CCCCCCCCCCCCCCCCCCCCCCCCCCCCCCC(O)C(O)C(COC1OC(CO)C(O)C(O)C1O)NC(=O)C(O)CCCCCCCCCCCCCCCCCC. The Hall–Kier alpha value is -0.890. The van der Waals surface area contributed by atoms with E-state index in [1.54, 1.807) is 0 Å². The second-order valence-corrected chi connectivity index (χ2v) is 22.1. The number of aliphatic hydroxyl groups is 7. The summed E-state index contributed by atoms with van der Waals surface area (Å²) in [7, 11) is 0. The van der Waals surface area contributed by atoms with E-state index in [1.165, 1.54) is 231 Å². The van der Waals surface area contributed by atoms with Gasteiger partial charge >= 0.3 is 0 Å². The molecule has 9 atom stereocenters. The molecule has 11 heteroatoms. The summed E-state index contributed by atoms with van der Waals surface area (Å²) >= 11 is 0. The molecule has 0 aromatic rings. The van der Waals surface area contributed by atoms with Crippen LogP contribution in [0.15, 0.2) is 0 Å². The first kappa shape index (κ1) is 68.1. The zero-order chi connectivity index (χ0) is 51.8. The Labute approximate surface area is 437 Å². The number of aliphatic hydroxyl groups excluding tert-OH is 7. The molecule has 1 heterocycles. The van der Waals surface area contributed by atoms with Crippen molar-refractivity contribution in [2.75, 3.05) is 13.2 Å². The summed E-state index contributed by atoms with van der Waals surface area (Å²) in [5, 5.41) is 76.2. The van der Waals surface area contributed by atoms with Crippen LogP contribution in [0, 0.1) is 0 Å². The van der Waals surface area contributed by atoms with Gasteiger partial charge in [0.2, 0.25) is 5.91 Å². The van der Waals surface area contributed by atoms with E-state index < -0.39 is 74.2 Å². The molecular weight excluding hydrogens is 895 g/mol. The monoisotopic (exact) mass is 1010 g/mol. The molecule has 1 aliphatic rings. The van der Waals surface area contributed by atoms with E-state index in [1.807, 2.05) is 0 Å². The van der Waals surface area contributed by atoms with E-state index in [2.05, 4.69) is 19.2 Å². The summed E-state index contributed by atoms with van der Waals surface area (Å²) in [6.45, 7) is 3.50. The van der Waals surface area contributed by atoms with Gasteiger partial charge in [-0.25, -0.2) is 0 Å². The van der Waals surface area contributed by atoms with Crippen molar-refractivity contribution >= 4 is 5.91 Å². The van der Waals surface area contributed by atoms with Crippen LogP contribution in [-0.4, -0.2) is 110 Å². The number of hydrogen-bond acceptors (Lipinski definition) is 10. The molecular formula is C60H119NO10. The van der Waals surface area contributed by atoms with Crippen LogP contribution in [0.4, 0.5) is 0 Å². The third kappa shape index (κ3) is 38.3. The number of amides is 1. The standard InChI is InChI=1S/C60H119NO10/c1-3-5-7-9-11-13-15-17-19-21-22-23-24-25-26-27-28-29-30-31-32-34-35-37-39-41-43-45-47-52(63)55(65)51(50-70-60-58(68)57(67)56(66)54(49-62)71-60)61-59(69)53(64)48-46-44-42-40-38-36-33-20-18-16-14-12-10-8-6-4-2/h51-58,60,62-68H,3-50H2,1-2H3,(H,61,69). The Balaban J connectivity index is 2.23. The molecule has 1 aliphatic heterocycles. The van der Waals surface area contributed by atoms with Crippen molar-refractivity contribution in [3.8, 4) is 0 Å². The molecule has 11 nitrogen and oxygen atoms in total. The van der Waals surface area contributed by atoms with Crippen LogP contribution in [-0.2, 0) is 14.3 Å². The maximum Gasteiger partial charge on any atom is 0.249 e. The van der Waals surface area contributed by atoms with Gasteiger partial charge in [-0.1, -0.05) is 296 Å². The first-order valence-corrected chi connectivity index (χ1v) is 30.9. The summed E-state index contributed by atoms with van der Waals surface area (Å²) in [4.78, 5) is 13.2. The highest BCUT2D eigenvalue weighted by molar-refractivity contribution is 5.80. The van der Waals surface area contributed by atoms with Gasteiger partial charge in [0.05, 0.1) is 25.4 Å². The van der Waals surface area contributed by atoms with Gasteiger partial charge in [-0.15, -0.1) is 0 Å². The van der Waals surface area contributed by atoms with Crippen LogP contribution in [0.3, 0.4) is 0 Å². The molecule has 1 rings (SSSR count). The largest absolute Gasteiger partial charge is 0.394 e. The summed E-state index contributed by atoms with van der Waals surface area (Å²) in [5.41, 5.74) is 0. The Morgan fingerprint density at radius 1 is 0.437 bits per heavy atom. The molecule has 9 unspecified atom stereocenters. The molecule has 8 N–H and O–H groups in total. The highest BCUT2D eigenvalue weighted by atomic mass is 16.7. The summed E-state index contributed by atoms with van der Waals surface area (Å²) in [6, 6.07) is -1.16. The molecule has 1 saturated heterocycles. The maximum atomic E-state index is 13.2. The average Bonchev–Trinajstić information content (AvgIpc) is 3.37. The van der Waals surface area contributed by atoms with Crippen molar-refractivity contribution < 1.29 is 50.0 Å². The number of hydrogen-bond donors (Lipinski definition) is 8. The molecule has 1 fully saturated rings. The van der Waals surface area contributed by atoms with Crippen molar-refractivity contribution in [2.45, 2.75) is 364 Å². The van der Waals surface area contributed by atoms with Gasteiger partial charge in [0, 0.05) is 0 Å². The summed E-state index contributed by atoms with van der Waals surface area (Å²) in [5.74, 6) is -0.690. The van der Waals surface area contributed by atoms with Crippen molar-refractivity contribution in [1.29, 1.82) is 0 Å². The third-order valence-corrected chi connectivity index (χ3v) is 15.4. The second kappa shape index (κ2) is 50.0. The fourth-order valence-corrected chi connectivity index (χ4v) is 10.4. The highest BCUT2D eigenvalue weighted by Crippen LogP contribution is 2.24. The van der Waals surface area contributed by atoms with Gasteiger partial charge in [0.25, 0.3) is 0 Å². The first-order chi connectivity index (χ1) is 34.7. The Bertz CT molecular complexity index is 1120. The van der Waals surface area contributed by atoms with Gasteiger partial charge in [0.1, 0.15) is 36.6 Å². The molecule has 0 spiro atoms. The smallest absolute Gasteiger partial charge is 0.249 e. The predicted molar refractivity (Wildman–Crippen MR) is 293 cm³/mol. The van der Waals surface area contributed by atoms with Gasteiger partial charge < -0.3 is 50.5 Å². The molecule has 0 saturated carbocycles. The van der Waals surface area contributed by atoms with Gasteiger partial charge in [-0.2, -0.15) is 0 Å². The number of carbonyl (C=O) groups is 1. The quantitative estimate of drug-likeness (QED) is 0.0272. The zero-order valence-electron chi connectivity index (χ0n) is 46.5. The van der Waals surface area contributed by atoms with Crippen LogP contribution >= 0.6 is 0 Å². The van der Waals surface area contributed by atoms with Crippen LogP contribution < -0.4 is 5.32 Å². The number of nitrogens with one attached hydrogen (secondary N) is 1. The molecule has 1 amide bonds. The second-order valence-electron chi connectivity index (χ2n) is 22.1. The van der Waals surface area contributed by atoms with Crippen molar-refractivity contribution in [1.82, 2.24) is 5.32 Å². The maximum absolute atomic E-state index is 13.2. The lowest BCUT2D eigenvalue weighted by Gasteiger charge is -2.40. The third-order valence-electron chi connectivity index (χ3n) is 15.4. The predicted octanol–water partition coefficient (Wildman–Crippen LogP) is 13.4. The van der Waals surface area contributed by atoms with E-state index in [-0.39, 0.29) is 6.42 Å². The molecule has 0 aromatic heterocycles. The molecule has 0 aromatic carbocycles. The van der Waals surface area contributed by atoms with Crippen LogP contribution in [0.1, 0.15) is 309 Å². The normalized spacial score (nSPS) is 20.0. The molecule has 71 heavy (non-hydrogen) atoms. The first-order valence-electron chi connectivity index (χ1n) is 30.9. The fourth-order valence-electron chi connectivity index (χ4n) is 10.4. The molecule has 0 aliphatic carbocycles. The summed E-state index contributed by atoms with van der Waals surface area (Å²) in [6.07, 6.45) is 45.9. The van der Waals surface area contributed by atoms with E-state index in [0.717, 1.165) is 38.5 Å². The van der Waals surface area contributed by atoms with Crippen LogP contribution in [0.25, 0.3) is 0 Å². The highest BCUT2D eigenvalue weighted by Gasteiger charge is 2.44. The number of unbranched alkanes of at least 4 members (excludes halogenated alkanes) is 42. The van der Waals surface area contributed by atoms with Gasteiger partial charge in [-0.3, -0.25) is 4.79 Å². The average molecular weight is 1010 g/mol. The number of ether oxygens (including phenoxy) is 2. The summed E-state index contributed by atoms with van der Waals surface area (Å²) < 4.78 is 11.2. The Kier molecular flexibility index (Phi) is 47.9. The molecule has 0 bridgehead atoms. The van der Waals surface area contributed by atoms with E-state index in [0.29, 0.717) is 19.3 Å². The van der Waals surface area contributed by atoms with Gasteiger partial charge in [-0.05, 0) is 12.8 Å². The lowest BCUT2D eigenvalue weighted by atomic mass is 9.98. The topological polar surface area (TPSA) is 189 Å². The van der Waals surface area contributed by atoms with Crippen molar-refractivity contribution in [3.05, 3.63) is 0 Å². The van der Waals surface area contributed by atoms with E-state index in [4.69, 9.17) is 9.47 Å². The minimum absolute atomic E-state index is 0.267. The number of carbonyl (C=O) groups excluding carboxylic acids is 1. The zero-order valence-corrected chi connectivity index (χ0v) is 46.5. The minimum Gasteiger partial charge on any atom is -0.394 e. The molecule has 424 valence electrons. The lowest BCUT2D eigenvalue weighted by Crippen LogP contribution is -2.60.